The van der Waals surface area contributed by atoms with E-state index in [1.165, 1.54) is 4.90 Å². The Morgan fingerprint density at radius 1 is 1.02 bits per heavy atom. The highest BCUT2D eigenvalue weighted by Crippen LogP contribution is 2.18. The number of nitrogens with one attached hydrogen (secondary N) is 2. The van der Waals surface area contributed by atoms with E-state index in [0.29, 0.717) is 16.7 Å². The molecule has 2 N–H and O–H groups in total. The van der Waals surface area contributed by atoms with Gasteiger partial charge in [0, 0.05) is 13.1 Å². The second-order valence-electron chi connectivity index (χ2n) is 9.91. The summed E-state index contributed by atoms with van der Waals surface area (Å²) in [6, 6.07) is 12.2. The molecule has 0 unspecified atom stereocenters. The molecule has 11 nitrogen and oxygen atoms in total. The van der Waals surface area contributed by atoms with Gasteiger partial charge in [-0.15, -0.1) is 0 Å². The van der Waals surface area contributed by atoms with Gasteiger partial charge in [-0.05, 0) is 24.1 Å². The Morgan fingerprint density at radius 2 is 1.70 bits per heavy atom. The number of halogens is 3. The average Bonchev–Trinajstić information content (AvgIpc) is 3.41. The number of carbonyl (C=O) groups is 2. The molecular formula is C28H32F3N5O6S. The zero-order valence-corrected chi connectivity index (χ0v) is 24.2. The fourth-order valence-corrected chi connectivity index (χ4v) is 5.97. The van der Waals surface area contributed by atoms with Crippen molar-refractivity contribution in [3.8, 4) is 0 Å². The Labute approximate surface area is 246 Å². The largest absolute Gasteiger partial charge is 0.434 e. The van der Waals surface area contributed by atoms with Crippen LogP contribution in [-0.4, -0.2) is 92.8 Å². The van der Waals surface area contributed by atoms with Crippen molar-refractivity contribution in [3.05, 3.63) is 66.1 Å². The number of ketones is 1. The second kappa shape index (κ2) is 14.0. The second-order valence-corrected chi connectivity index (χ2v) is 12.0. The monoisotopic (exact) mass is 623 g/mol. The van der Waals surface area contributed by atoms with Gasteiger partial charge in [-0.3, -0.25) is 9.59 Å². The molecule has 0 bridgehead atoms. The molecule has 0 spiro atoms. The number of hydrogen-bond acceptors (Lipinski definition) is 8. The molecule has 1 saturated heterocycles. The molecule has 1 aromatic heterocycles. The van der Waals surface area contributed by atoms with Crippen LogP contribution in [0.5, 0.6) is 0 Å². The first-order valence-corrected chi connectivity index (χ1v) is 15.4. The summed E-state index contributed by atoms with van der Waals surface area (Å²) in [5, 5.41) is 5.19. The van der Waals surface area contributed by atoms with E-state index in [2.05, 4.69) is 20.6 Å². The Kier molecular flexibility index (Phi) is 10.4. The van der Waals surface area contributed by atoms with Crippen molar-refractivity contribution in [2.75, 3.05) is 38.6 Å². The molecule has 2 aromatic carbocycles. The lowest BCUT2D eigenvalue weighted by Crippen LogP contribution is -2.58. The smallest absolute Gasteiger partial charge is 0.408 e. The van der Waals surface area contributed by atoms with Crippen molar-refractivity contribution in [2.45, 2.75) is 37.4 Å². The summed E-state index contributed by atoms with van der Waals surface area (Å²) in [4.78, 5) is 36.1. The minimum atomic E-state index is -4.64. The predicted octanol–water partition coefficient (Wildman–Crippen LogP) is 2.73. The number of fused-ring (bicyclic) bond motifs is 1. The van der Waals surface area contributed by atoms with Crippen molar-refractivity contribution < 1.29 is 40.3 Å². The van der Waals surface area contributed by atoms with E-state index >= 15 is 0 Å². The number of benzene rings is 2. The van der Waals surface area contributed by atoms with Crippen molar-refractivity contribution in [3.63, 3.8) is 0 Å². The number of alkyl halides is 3. The van der Waals surface area contributed by atoms with Gasteiger partial charge in [-0.2, -0.15) is 13.2 Å². The molecule has 232 valence electrons. The molecule has 3 aromatic rings. The number of para-hydroxylation sites is 2. The lowest BCUT2D eigenvalue weighted by molar-refractivity contribution is -0.122. The summed E-state index contributed by atoms with van der Waals surface area (Å²) >= 11 is 0. The number of rotatable bonds is 11. The molecule has 2 heterocycles. The molecule has 2 atom stereocenters. The van der Waals surface area contributed by atoms with Crippen molar-refractivity contribution in [1.29, 1.82) is 0 Å². The van der Waals surface area contributed by atoms with E-state index in [9.17, 15) is 31.2 Å². The van der Waals surface area contributed by atoms with Gasteiger partial charge in [0.15, 0.2) is 21.4 Å². The molecule has 0 saturated carbocycles. The first-order chi connectivity index (χ1) is 20.4. The third-order valence-electron chi connectivity index (χ3n) is 6.53. The minimum Gasteiger partial charge on any atom is -0.434 e. The summed E-state index contributed by atoms with van der Waals surface area (Å²) in [5.41, 5.74) is 1.28. The number of aliphatic imine (C=N–C) groups is 1. The van der Waals surface area contributed by atoms with E-state index < -0.39 is 57.8 Å². The standard InChI is InChI=1S/C28H32F3N5O6S/c1-2-20(24(37)26-34-21-10-6-7-11-23(21)42-26)33-25(38)22(17-43(39,40)16-19-8-4-3-5-9-19)35-27(32-18-28(29,30)31)36-12-14-41-15-13-36/h3-11,20,22H,2,12-18H2,1H3,(H,32,35)(H,33,38)/t20-,22-/m0/s1. The Balaban J connectivity index is 1.60. The summed E-state index contributed by atoms with van der Waals surface area (Å²) in [6.45, 7) is 0.820. The fourth-order valence-electron chi connectivity index (χ4n) is 4.41. The van der Waals surface area contributed by atoms with Crippen LogP contribution in [-0.2, 0) is 25.1 Å². The van der Waals surface area contributed by atoms with Gasteiger partial charge < -0.3 is 24.7 Å². The van der Waals surface area contributed by atoms with Crippen LogP contribution >= 0.6 is 0 Å². The number of hydrogen-bond donors (Lipinski definition) is 2. The van der Waals surface area contributed by atoms with Gasteiger partial charge in [0.1, 0.15) is 18.1 Å². The SMILES string of the molecule is CC[C@H](NC(=O)[C@H](CS(=O)(=O)Cc1ccccc1)NC(=NCC(F)(F)F)N1CCOCC1)C(=O)c1nc2ccccc2o1. The molecule has 1 fully saturated rings. The van der Waals surface area contributed by atoms with Crippen LogP contribution in [0, 0.1) is 0 Å². The first kappa shape index (κ1) is 31.9. The number of Topliss-reactive ketones (excluding diaryl/α,β-unsaturated/α-hetero) is 1. The lowest BCUT2D eigenvalue weighted by atomic mass is 10.1. The number of aromatic nitrogens is 1. The van der Waals surface area contributed by atoms with E-state index in [4.69, 9.17) is 9.15 Å². The van der Waals surface area contributed by atoms with Crippen LogP contribution in [0.25, 0.3) is 11.1 Å². The quantitative estimate of drug-likeness (QED) is 0.187. The maximum Gasteiger partial charge on any atom is 0.408 e. The number of sulfone groups is 1. The molecule has 4 rings (SSSR count). The third kappa shape index (κ3) is 9.25. The molecule has 15 heteroatoms. The lowest BCUT2D eigenvalue weighted by Gasteiger charge is -2.32. The molecule has 0 aliphatic carbocycles. The van der Waals surface area contributed by atoms with E-state index in [1.54, 1.807) is 61.5 Å². The molecule has 1 aliphatic heterocycles. The van der Waals surface area contributed by atoms with Gasteiger partial charge >= 0.3 is 6.18 Å². The maximum absolute atomic E-state index is 13.6. The number of oxazole rings is 1. The average molecular weight is 624 g/mol. The summed E-state index contributed by atoms with van der Waals surface area (Å²) in [5.74, 6) is -3.29. The highest BCUT2D eigenvalue weighted by molar-refractivity contribution is 7.90. The number of nitrogens with zero attached hydrogens (tertiary/aromatic N) is 3. The van der Waals surface area contributed by atoms with Gasteiger partial charge in [0.05, 0.1) is 30.8 Å². The Bertz CT molecular complexity index is 1510. The van der Waals surface area contributed by atoms with E-state index in [1.807, 2.05) is 0 Å². The first-order valence-electron chi connectivity index (χ1n) is 13.6. The topological polar surface area (TPSA) is 143 Å². The molecule has 1 aliphatic rings. The normalized spacial score (nSPS) is 16.1. The molecule has 1 amide bonds. The van der Waals surface area contributed by atoms with Crippen molar-refractivity contribution >= 4 is 38.6 Å². The zero-order chi connectivity index (χ0) is 31.0. The van der Waals surface area contributed by atoms with Crippen LogP contribution in [0.4, 0.5) is 13.2 Å². The van der Waals surface area contributed by atoms with Crippen molar-refractivity contribution in [1.82, 2.24) is 20.5 Å². The van der Waals surface area contributed by atoms with Crippen LogP contribution < -0.4 is 10.6 Å². The van der Waals surface area contributed by atoms with Gasteiger partial charge in [-0.25, -0.2) is 18.4 Å². The highest BCUT2D eigenvalue weighted by Gasteiger charge is 2.34. The van der Waals surface area contributed by atoms with Gasteiger partial charge in [0.25, 0.3) is 5.89 Å². The van der Waals surface area contributed by atoms with Crippen molar-refractivity contribution in [2.24, 2.45) is 4.99 Å². The minimum absolute atomic E-state index is 0.102. The number of morpholine rings is 1. The number of carbonyl (C=O) groups excluding carboxylic acids is 2. The number of ether oxygens (including phenoxy) is 1. The summed E-state index contributed by atoms with van der Waals surface area (Å²) in [7, 11) is -3.99. The molecule has 0 radical (unpaired) electrons. The number of guanidine groups is 1. The highest BCUT2D eigenvalue weighted by atomic mass is 32.2. The maximum atomic E-state index is 13.6. The van der Waals surface area contributed by atoms with Crippen LogP contribution in [0.15, 0.2) is 64.0 Å². The third-order valence-corrected chi connectivity index (χ3v) is 8.15. The van der Waals surface area contributed by atoms with Crippen LogP contribution in [0.3, 0.4) is 0 Å². The van der Waals surface area contributed by atoms with Gasteiger partial charge in [-0.1, -0.05) is 49.4 Å². The fraction of sp³-hybridized carbons (Fsp3) is 0.429. The van der Waals surface area contributed by atoms with Gasteiger partial charge in [0.2, 0.25) is 11.7 Å². The summed E-state index contributed by atoms with van der Waals surface area (Å²) < 4.78 is 76.7. The number of amides is 1. The van der Waals surface area contributed by atoms with Crippen LogP contribution in [0.2, 0.25) is 0 Å². The molecule has 43 heavy (non-hydrogen) atoms. The summed E-state index contributed by atoms with van der Waals surface area (Å²) in [6.07, 6.45) is -4.54. The van der Waals surface area contributed by atoms with E-state index in [-0.39, 0.29) is 44.6 Å². The zero-order valence-electron chi connectivity index (χ0n) is 23.3. The van der Waals surface area contributed by atoms with E-state index in [0.717, 1.165) is 0 Å². The van der Waals surface area contributed by atoms with Crippen LogP contribution in [0.1, 0.15) is 29.6 Å². The molecular weight excluding hydrogens is 591 g/mol. The Hall–Kier alpha value is -3.98. The predicted molar refractivity (Wildman–Crippen MR) is 152 cm³/mol. The Morgan fingerprint density at radius 3 is 2.35 bits per heavy atom.